The van der Waals surface area contributed by atoms with E-state index in [1.807, 2.05) is 25.7 Å². The smallest absolute Gasteiger partial charge is 0.410 e. The van der Waals surface area contributed by atoms with Gasteiger partial charge in [0.2, 0.25) is 0 Å². The fourth-order valence-corrected chi connectivity index (χ4v) is 4.11. The van der Waals surface area contributed by atoms with Crippen LogP contribution in [-0.2, 0) is 4.74 Å². The van der Waals surface area contributed by atoms with Crippen LogP contribution in [0.5, 0.6) is 0 Å². The molecule has 0 aromatic heterocycles. The number of nitrogens with zero attached hydrogens (tertiary/aromatic N) is 1. The molecule has 0 aromatic rings. The highest BCUT2D eigenvalue weighted by Crippen LogP contribution is 2.46. The van der Waals surface area contributed by atoms with Gasteiger partial charge in [-0.2, -0.15) is 0 Å². The normalized spacial score (nSPS) is 39.0. The van der Waals surface area contributed by atoms with Gasteiger partial charge in [-0.1, -0.05) is 19.8 Å². The van der Waals surface area contributed by atoms with Gasteiger partial charge in [-0.05, 0) is 51.4 Å². The molecule has 0 spiro atoms. The molecule has 3 rings (SSSR count). The molecule has 3 fully saturated rings. The van der Waals surface area contributed by atoms with Gasteiger partial charge in [-0.25, -0.2) is 4.79 Å². The highest BCUT2D eigenvalue weighted by Gasteiger charge is 2.57. The second-order valence-electron chi connectivity index (χ2n) is 8.37. The van der Waals surface area contributed by atoms with Crippen LogP contribution in [-0.4, -0.2) is 41.8 Å². The van der Waals surface area contributed by atoms with E-state index in [1.165, 1.54) is 25.7 Å². The summed E-state index contributed by atoms with van der Waals surface area (Å²) in [6.45, 7) is 9.90. The zero-order chi connectivity index (χ0) is 15.2. The summed E-state index contributed by atoms with van der Waals surface area (Å²) in [5.74, 6) is 2.19. The van der Waals surface area contributed by atoms with E-state index >= 15 is 0 Å². The lowest BCUT2D eigenvalue weighted by molar-refractivity contribution is 0.0268. The minimum absolute atomic E-state index is 0.139. The van der Waals surface area contributed by atoms with Crippen LogP contribution >= 0.6 is 0 Å². The predicted octanol–water partition coefficient (Wildman–Crippen LogP) is 3.02. The minimum atomic E-state index is -0.389. The number of ether oxygens (including phenoxy) is 1. The monoisotopic (exact) mass is 294 g/mol. The van der Waals surface area contributed by atoms with Crippen molar-refractivity contribution in [2.75, 3.05) is 13.1 Å². The number of fused-ring (bicyclic) bond motifs is 1. The van der Waals surface area contributed by atoms with Crippen molar-refractivity contribution in [1.29, 1.82) is 0 Å². The lowest BCUT2D eigenvalue weighted by Gasteiger charge is -2.29. The summed E-state index contributed by atoms with van der Waals surface area (Å²) in [4.78, 5) is 13.9. The van der Waals surface area contributed by atoms with Crippen molar-refractivity contribution < 1.29 is 9.53 Å². The third-order valence-corrected chi connectivity index (χ3v) is 5.21. The molecule has 1 N–H and O–H groups in total. The Labute approximate surface area is 128 Å². The van der Waals surface area contributed by atoms with E-state index in [4.69, 9.17) is 4.74 Å². The molecule has 0 bridgehead atoms. The Morgan fingerprint density at radius 1 is 1.19 bits per heavy atom. The summed E-state index contributed by atoms with van der Waals surface area (Å²) in [5.41, 5.74) is -0.389. The van der Waals surface area contributed by atoms with Gasteiger partial charge in [-0.15, -0.1) is 0 Å². The maximum absolute atomic E-state index is 12.1. The van der Waals surface area contributed by atoms with Crippen molar-refractivity contribution in [1.82, 2.24) is 10.2 Å². The molecular formula is C17H30N2O2. The molecular weight excluding hydrogens is 264 g/mol. The quantitative estimate of drug-likeness (QED) is 0.851. The van der Waals surface area contributed by atoms with E-state index in [1.54, 1.807) is 0 Å². The van der Waals surface area contributed by atoms with E-state index in [2.05, 4.69) is 12.2 Å². The van der Waals surface area contributed by atoms with Gasteiger partial charge in [0.15, 0.2) is 0 Å². The van der Waals surface area contributed by atoms with Crippen LogP contribution in [0.4, 0.5) is 4.79 Å². The molecule has 0 radical (unpaired) electrons. The average Bonchev–Trinajstić information content (AvgIpc) is 2.83. The molecule has 21 heavy (non-hydrogen) atoms. The standard InChI is InChI=1S/C17H30N2O2/c1-11-6-5-7-12(8-11)18-15-13-9-19(10-14(13)15)16(20)21-17(2,3)4/h11-15,18H,5-10H2,1-4H3. The van der Waals surface area contributed by atoms with Crippen LogP contribution < -0.4 is 5.32 Å². The molecule has 4 heteroatoms. The van der Waals surface area contributed by atoms with Crippen LogP contribution in [0.25, 0.3) is 0 Å². The molecule has 120 valence electrons. The van der Waals surface area contributed by atoms with E-state index in [9.17, 15) is 4.79 Å². The number of nitrogens with one attached hydrogen (secondary N) is 1. The number of amides is 1. The summed E-state index contributed by atoms with van der Waals surface area (Å²) in [6, 6.07) is 1.36. The summed E-state index contributed by atoms with van der Waals surface area (Å²) < 4.78 is 5.46. The summed E-state index contributed by atoms with van der Waals surface area (Å²) in [6.07, 6.45) is 5.27. The SMILES string of the molecule is CC1CCCC(NC2C3CN(C(=O)OC(C)(C)C)CC32)C1. The molecule has 4 nitrogen and oxygen atoms in total. The third-order valence-electron chi connectivity index (χ3n) is 5.21. The zero-order valence-corrected chi connectivity index (χ0v) is 13.9. The number of piperidine rings is 1. The molecule has 2 saturated carbocycles. The molecule has 1 heterocycles. The van der Waals surface area contributed by atoms with Crippen molar-refractivity contribution in [3.63, 3.8) is 0 Å². The van der Waals surface area contributed by atoms with Crippen LogP contribution in [0.1, 0.15) is 53.4 Å². The van der Waals surface area contributed by atoms with Gasteiger partial charge in [0, 0.05) is 25.2 Å². The predicted molar refractivity (Wildman–Crippen MR) is 83.1 cm³/mol. The maximum atomic E-state index is 12.1. The first-order chi connectivity index (χ1) is 9.83. The first-order valence-electron chi connectivity index (χ1n) is 8.57. The molecule has 1 amide bonds. The molecule has 4 atom stereocenters. The van der Waals surface area contributed by atoms with Gasteiger partial charge >= 0.3 is 6.09 Å². The van der Waals surface area contributed by atoms with E-state index in [0.29, 0.717) is 23.9 Å². The van der Waals surface area contributed by atoms with Crippen molar-refractivity contribution in [3.05, 3.63) is 0 Å². The molecule has 4 unspecified atom stereocenters. The van der Waals surface area contributed by atoms with E-state index < -0.39 is 0 Å². The Hall–Kier alpha value is -0.770. The Bertz CT molecular complexity index is 392. The van der Waals surface area contributed by atoms with E-state index in [0.717, 1.165) is 19.0 Å². The Balaban J connectivity index is 1.43. The summed E-state index contributed by atoms with van der Waals surface area (Å²) in [5, 5.41) is 3.85. The molecule has 2 aliphatic carbocycles. The first kappa shape index (κ1) is 15.1. The summed E-state index contributed by atoms with van der Waals surface area (Å²) in [7, 11) is 0. The largest absolute Gasteiger partial charge is 0.444 e. The lowest BCUT2D eigenvalue weighted by atomic mass is 9.87. The van der Waals surface area contributed by atoms with Crippen molar-refractivity contribution in [2.24, 2.45) is 17.8 Å². The first-order valence-corrected chi connectivity index (χ1v) is 8.57. The highest BCUT2D eigenvalue weighted by atomic mass is 16.6. The highest BCUT2D eigenvalue weighted by molar-refractivity contribution is 5.69. The van der Waals surface area contributed by atoms with Gasteiger partial charge < -0.3 is 15.0 Å². The van der Waals surface area contributed by atoms with Gasteiger partial charge in [0.05, 0.1) is 0 Å². The number of carbonyl (C=O) groups excluding carboxylic acids is 1. The van der Waals surface area contributed by atoms with Crippen molar-refractivity contribution >= 4 is 6.09 Å². The van der Waals surface area contributed by atoms with Gasteiger partial charge in [-0.3, -0.25) is 0 Å². The Kier molecular flexibility index (Phi) is 3.93. The fourth-order valence-electron chi connectivity index (χ4n) is 4.11. The average molecular weight is 294 g/mol. The van der Waals surface area contributed by atoms with Gasteiger partial charge in [0.25, 0.3) is 0 Å². The van der Waals surface area contributed by atoms with Gasteiger partial charge in [0.1, 0.15) is 5.60 Å². The fraction of sp³-hybridized carbons (Fsp3) is 0.941. The van der Waals surface area contributed by atoms with Crippen molar-refractivity contribution in [3.8, 4) is 0 Å². The Morgan fingerprint density at radius 3 is 2.43 bits per heavy atom. The number of rotatable bonds is 2. The number of hydrogen-bond donors (Lipinski definition) is 1. The third kappa shape index (κ3) is 3.53. The van der Waals surface area contributed by atoms with Crippen molar-refractivity contribution in [2.45, 2.75) is 71.1 Å². The zero-order valence-electron chi connectivity index (χ0n) is 13.9. The number of likely N-dealkylation sites (tertiary alicyclic amines) is 1. The summed E-state index contributed by atoms with van der Waals surface area (Å²) >= 11 is 0. The van der Waals surface area contributed by atoms with Crippen LogP contribution in [0, 0.1) is 17.8 Å². The second kappa shape index (κ2) is 5.45. The minimum Gasteiger partial charge on any atom is -0.444 e. The van der Waals surface area contributed by atoms with Crippen LogP contribution in [0.15, 0.2) is 0 Å². The van der Waals surface area contributed by atoms with Crippen LogP contribution in [0.2, 0.25) is 0 Å². The number of carbonyl (C=O) groups is 1. The molecule has 1 saturated heterocycles. The number of hydrogen-bond acceptors (Lipinski definition) is 3. The van der Waals surface area contributed by atoms with E-state index in [-0.39, 0.29) is 11.7 Å². The Morgan fingerprint density at radius 2 is 1.86 bits per heavy atom. The second-order valence-corrected chi connectivity index (χ2v) is 8.37. The van der Waals surface area contributed by atoms with Crippen LogP contribution in [0.3, 0.4) is 0 Å². The molecule has 0 aromatic carbocycles. The molecule has 3 aliphatic rings. The lowest BCUT2D eigenvalue weighted by Crippen LogP contribution is -2.42. The molecule has 1 aliphatic heterocycles. The maximum Gasteiger partial charge on any atom is 0.410 e. The topological polar surface area (TPSA) is 41.6 Å².